The molecule has 5 nitrogen and oxygen atoms in total. The number of aromatic nitrogens is 2. The van der Waals surface area contributed by atoms with Crippen molar-refractivity contribution in [1.29, 1.82) is 0 Å². The highest BCUT2D eigenvalue weighted by Crippen LogP contribution is 2.22. The number of hydrogen-bond donors (Lipinski definition) is 1. The Balaban J connectivity index is 1.77. The average molecular weight is 351 g/mol. The number of ether oxygens (including phenoxy) is 1. The molecule has 0 fully saturated rings. The van der Waals surface area contributed by atoms with Gasteiger partial charge in [-0.2, -0.15) is 0 Å². The predicted octanol–water partition coefficient (Wildman–Crippen LogP) is 4.01. The summed E-state index contributed by atoms with van der Waals surface area (Å²) >= 11 is 2.93. The number of carbonyl (C=O) groups is 1. The lowest BCUT2D eigenvalue weighted by Crippen LogP contribution is -2.13. The smallest absolute Gasteiger partial charge is 0.236 e. The number of nitrogens with zero attached hydrogens (tertiary/aromatic N) is 2. The molecule has 2 rings (SSSR count). The largest absolute Gasteiger partial charge is 0.494 e. The summed E-state index contributed by atoms with van der Waals surface area (Å²) in [5.74, 6) is 1.12. The quantitative estimate of drug-likeness (QED) is 0.692. The van der Waals surface area contributed by atoms with Crippen LogP contribution in [-0.2, 0) is 11.2 Å². The van der Waals surface area contributed by atoms with Gasteiger partial charge >= 0.3 is 0 Å². The molecular formula is C16H21N3O2S2. The summed E-state index contributed by atoms with van der Waals surface area (Å²) in [5, 5.41) is 12.4. The van der Waals surface area contributed by atoms with Crippen molar-refractivity contribution in [3.05, 3.63) is 29.3 Å². The van der Waals surface area contributed by atoms with Crippen LogP contribution in [0.4, 0.5) is 5.13 Å². The molecule has 0 radical (unpaired) electrons. The number of carbonyl (C=O) groups excluding carboxylic acids is 1. The van der Waals surface area contributed by atoms with Crippen LogP contribution in [0.1, 0.15) is 31.7 Å². The molecule has 0 atom stereocenters. The topological polar surface area (TPSA) is 64.1 Å². The number of benzene rings is 1. The van der Waals surface area contributed by atoms with Crippen LogP contribution >= 0.6 is 23.1 Å². The molecule has 0 saturated heterocycles. The molecule has 1 N–H and O–H groups in total. The van der Waals surface area contributed by atoms with Crippen LogP contribution in [0.15, 0.2) is 29.2 Å². The average Bonchev–Trinajstić information content (AvgIpc) is 3.00. The zero-order valence-corrected chi connectivity index (χ0v) is 15.0. The maximum atomic E-state index is 12.0. The summed E-state index contributed by atoms with van der Waals surface area (Å²) in [6.45, 7) is 4.74. The van der Waals surface area contributed by atoms with E-state index in [0.29, 0.717) is 17.5 Å². The van der Waals surface area contributed by atoms with Crippen LogP contribution in [0, 0.1) is 0 Å². The van der Waals surface area contributed by atoms with Crippen molar-refractivity contribution in [2.75, 3.05) is 17.7 Å². The normalized spacial score (nSPS) is 10.5. The summed E-state index contributed by atoms with van der Waals surface area (Å²) < 4.78 is 5.39. The van der Waals surface area contributed by atoms with Crippen molar-refractivity contribution in [3.63, 3.8) is 0 Å². The van der Waals surface area contributed by atoms with Crippen molar-refractivity contribution in [3.8, 4) is 5.75 Å². The van der Waals surface area contributed by atoms with Gasteiger partial charge < -0.3 is 4.74 Å². The number of amides is 1. The Bertz CT molecular complexity index is 614. The van der Waals surface area contributed by atoms with Gasteiger partial charge in [0.15, 0.2) is 0 Å². The zero-order chi connectivity index (χ0) is 16.5. The van der Waals surface area contributed by atoms with E-state index in [4.69, 9.17) is 4.74 Å². The van der Waals surface area contributed by atoms with E-state index in [0.717, 1.165) is 34.9 Å². The third-order valence-electron chi connectivity index (χ3n) is 2.96. The minimum absolute atomic E-state index is 0.0675. The third kappa shape index (κ3) is 6.19. The first-order valence-corrected chi connectivity index (χ1v) is 9.49. The molecule has 2 aromatic rings. The van der Waals surface area contributed by atoms with Gasteiger partial charge in [-0.1, -0.05) is 24.7 Å². The molecule has 7 heteroatoms. The summed E-state index contributed by atoms with van der Waals surface area (Å²) in [6, 6.07) is 7.73. The minimum Gasteiger partial charge on any atom is -0.494 e. The van der Waals surface area contributed by atoms with Crippen molar-refractivity contribution < 1.29 is 9.53 Å². The van der Waals surface area contributed by atoms with E-state index < -0.39 is 0 Å². The van der Waals surface area contributed by atoms with Gasteiger partial charge in [-0.15, -0.1) is 22.0 Å². The van der Waals surface area contributed by atoms with Crippen molar-refractivity contribution in [2.45, 2.75) is 38.0 Å². The first-order chi connectivity index (χ1) is 11.2. The number of anilines is 1. The molecule has 0 spiro atoms. The van der Waals surface area contributed by atoms with Crippen LogP contribution in [0.3, 0.4) is 0 Å². The Morgan fingerprint density at radius 3 is 2.74 bits per heavy atom. The SMILES string of the molecule is CCCCc1nnc(NC(=O)CSc2ccc(OCC)cc2)s1. The predicted molar refractivity (Wildman–Crippen MR) is 95.5 cm³/mol. The number of thioether (sulfide) groups is 1. The van der Waals surface area contributed by atoms with Crippen molar-refractivity contribution in [1.82, 2.24) is 10.2 Å². The number of rotatable bonds is 9. The Morgan fingerprint density at radius 1 is 1.26 bits per heavy atom. The highest BCUT2D eigenvalue weighted by atomic mass is 32.2. The van der Waals surface area contributed by atoms with Crippen LogP contribution in [0.25, 0.3) is 0 Å². The fourth-order valence-corrected chi connectivity index (χ4v) is 3.33. The molecule has 0 aliphatic heterocycles. The number of aryl methyl sites for hydroxylation is 1. The maximum Gasteiger partial charge on any atom is 0.236 e. The summed E-state index contributed by atoms with van der Waals surface area (Å²) in [7, 11) is 0. The fourth-order valence-electron chi connectivity index (χ4n) is 1.84. The molecule has 1 aromatic carbocycles. The van der Waals surface area contributed by atoms with Crippen molar-refractivity contribution in [2.24, 2.45) is 0 Å². The highest BCUT2D eigenvalue weighted by molar-refractivity contribution is 8.00. The Kier molecular flexibility index (Phi) is 7.35. The van der Waals surface area contributed by atoms with Gasteiger partial charge in [0.25, 0.3) is 0 Å². The van der Waals surface area contributed by atoms with E-state index in [1.165, 1.54) is 23.1 Å². The van der Waals surface area contributed by atoms with Crippen LogP contribution in [0.2, 0.25) is 0 Å². The monoisotopic (exact) mass is 351 g/mol. The van der Waals surface area contributed by atoms with E-state index >= 15 is 0 Å². The lowest BCUT2D eigenvalue weighted by Gasteiger charge is -2.04. The number of hydrogen-bond acceptors (Lipinski definition) is 6. The Hall–Kier alpha value is -1.60. The molecule has 0 bridgehead atoms. The van der Waals surface area contributed by atoms with Gasteiger partial charge in [-0.3, -0.25) is 10.1 Å². The standard InChI is InChI=1S/C16H21N3O2S2/c1-3-5-6-15-18-19-16(23-15)17-14(20)11-22-13-9-7-12(8-10-13)21-4-2/h7-10H,3-6,11H2,1-2H3,(H,17,19,20). The first kappa shape index (κ1) is 17.7. The minimum atomic E-state index is -0.0675. The summed E-state index contributed by atoms with van der Waals surface area (Å²) in [5.41, 5.74) is 0. The second-order valence-corrected chi connectivity index (χ2v) is 6.96. The third-order valence-corrected chi connectivity index (χ3v) is 4.87. The van der Waals surface area contributed by atoms with E-state index in [1.807, 2.05) is 31.2 Å². The molecule has 1 amide bonds. The molecule has 0 aliphatic rings. The van der Waals surface area contributed by atoms with Crippen LogP contribution in [-0.4, -0.2) is 28.5 Å². The second kappa shape index (κ2) is 9.52. The summed E-state index contributed by atoms with van der Waals surface area (Å²) in [6.07, 6.45) is 3.14. The van der Waals surface area contributed by atoms with Crippen LogP contribution in [0.5, 0.6) is 5.75 Å². The molecule has 0 saturated carbocycles. The molecule has 124 valence electrons. The summed E-state index contributed by atoms with van der Waals surface area (Å²) in [4.78, 5) is 13.0. The van der Waals surface area contributed by atoms with Gasteiger partial charge in [-0.25, -0.2) is 0 Å². The second-order valence-electron chi connectivity index (χ2n) is 4.85. The van der Waals surface area contributed by atoms with E-state index in [9.17, 15) is 4.79 Å². The molecular weight excluding hydrogens is 330 g/mol. The van der Waals surface area contributed by atoms with E-state index in [1.54, 1.807) is 0 Å². The molecule has 23 heavy (non-hydrogen) atoms. The zero-order valence-electron chi connectivity index (χ0n) is 13.4. The first-order valence-electron chi connectivity index (χ1n) is 7.69. The van der Waals surface area contributed by atoms with Gasteiger partial charge in [0.1, 0.15) is 10.8 Å². The van der Waals surface area contributed by atoms with Gasteiger partial charge in [0.05, 0.1) is 12.4 Å². The van der Waals surface area contributed by atoms with Gasteiger partial charge in [0.2, 0.25) is 11.0 Å². The Labute approximate surface area is 144 Å². The molecule has 1 aromatic heterocycles. The van der Waals surface area contributed by atoms with Gasteiger partial charge in [-0.05, 0) is 37.6 Å². The maximum absolute atomic E-state index is 12.0. The highest BCUT2D eigenvalue weighted by Gasteiger charge is 2.08. The number of nitrogens with one attached hydrogen (secondary N) is 1. The lowest BCUT2D eigenvalue weighted by atomic mass is 10.3. The number of unbranched alkanes of at least 4 members (excludes halogenated alkanes) is 1. The Morgan fingerprint density at radius 2 is 2.04 bits per heavy atom. The van der Waals surface area contributed by atoms with E-state index in [-0.39, 0.29) is 5.91 Å². The molecule has 0 unspecified atom stereocenters. The molecule has 1 heterocycles. The molecule has 0 aliphatic carbocycles. The van der Waals surface area contributed by atoms with Crippen LogP contribution < -0.4 is 10.1 Å². The van der Waals surface area contributed by atoms with E-state index in [2.05, 4.69) is 22.4 Å². The van der Waals surface area contributed by atoms with Gasteiger partial charge in [0, 0.05) is 11.3 Å². The fraction of sp³-hybridized carbons (Fsp3) is 0.438. The lowest BCUT2D eigenvalue weighted by molar-refractivity contribution is -0.113. The van der Waals surface area contributed by atoms with Crippen molar-refractivity contribution >= 4 is 34.1 Å².